The summed E-state index contributed by atoms with van der Waals surface area (Å²) in [7, 11) is 0. The Morgan fingerprint density at radius 3 is 2.16 bits per heavy atom. The minimum absolute atomic E-state index is 0.130. The highest BCUT2D eigenvalue weighted by Crippen LogP contribution is 2.12. The van der Waals surface area contributed by atoms with Crippen molar-refractivity contribution in [2.75, 3.05) is 0 Å². The van der Waals surface area contributed by atoms with E-state index in [-0.39, 0.29) is 18.1 Å². The van der Waals surface area contributed by atoms with Gasteiger partial charge in [0.1, 0.15) is 11.8 Å². The van der Waals surface area contributed by atoms with Crippen LogP contribution in [0.4, 0.5) is 0 Å². The number of carboxylic acids is 1. The molecule has 1 aromatic rings. The van der Waals surface area contributed by atoms with Crippen LogP contribution in [-0.2, 0) is 16.0 Å². The highest BCUT2D eigenvalue weighted by Gasteiger charge is 2.20. The van der Waals surface area contributed by atoms with Gasteiger partial charge in [0.15, 0.2) is 0 Å². The zero-order valence-corrected chi connectivity index (χ0v) is 18.9. The number of carboxylic acid groups (broad SMARTS) is 1. The van der Waals surface area contributed by atoms with E-state index in [0.717, 1.165) is 50.5 Å². The molecule has 0 radical (unpaired) electrons. The standard InChI is InChI=1S/C26H39NO4/c1-2-3-4-5-6-7-8-9-10-11-12-13-14-15-16-25(29)27-24(26(30)31)21-22-17-19-23(28)20-18-22/h5-6,8-9,17-20,24,28H,2-4,7,10-16,21H2,1H3,(H,27,29)(H,30,31)/b6-5-,9-8-/t24-/m0/s1. The zero-order valence-electron chi connectivity index (χ0n) is 18.9. The Labute approximate surface area is 187 Å². The third-order valence-electron chi connectivity index (χ3n) is 5.11. The number of phenolic OH excluding ortho intramolecular Hbond substituents is 1. The summed E-state index contributed by atoms with van der Waals surface area (Å²) in [4.78, 5) is 23.5. The molecule has 5 nitrogen and oxygen atoms in total. The Bertz CT molecular complexity index is 679. The number of benzene rings is 1. The van der Waals surface area contributed by atoms with Crippen LogP contribution in [0.25, 0.3) is 0 Å². The second kappa shape index (κ2) is 17.2. The Morgan fingerprint density at radius 1 is 0.903 bits per heavy atom. The molecule has 1 atom stereocenters. The van der Waals surface area contributed by atoms with Gasteiger partial charge in [0.05, 0.1) is 0 Å². The Balaban J connectivity index is 2.09. The van der Waals surface area contributed by atoms with E-state index in [1.165, 1.54) is 31.4 Å². The molecule has 172 valence electrons. The second-order valence-corrected chi connectivity index (χ2v) is 7.96. The van der Waals surface area contributed by atoms with E-state index in [1.807, 2.05) is 0 Å². The number of aliphatic carboxylic acids is 1. The molecule has 3 N–H and O–H groups in total. The molecule has 0 aliphatic carbocycles. The van der Waals surface area contributed by atoms with Gasteiger partial charge in [0.2, 0.25) is 5.91 Å². The zero-order chi connectivity index (χ0) is 22.7. The number of rotatable bonds is 17. The second-order valence-electron chi connectivity index (χ2n) is 7.96. The summed E-state index contributed by atoms with van der Waals surface area (Å²) >= 11 is 0. The third-order valence-corrected chi connectivity index (χ3v) is 5.11. The van der Waals surface area contributed by atoms with E-state index in [2.05, 4.69) is 36.5 Å². The molecule has 0 aliphatic rings. The molecule has 0 bridgehead atoms. The number of carbonyl (C=O) groups excluding carboxylic acids is 1. The van der Waals surface area contributed by atoms with Gasteiger partial charge in [-0.1, -0.05) is 75.5 Å². The first kappa shape index (κ1) is 26.5. The van der Waals surface area contributed by atoms with Gasteiger partial charge in [-0.05, 0) is 49.8 Å². The summed E-state index contributed by atoms with van der Waals surface area (Å²) in [5, 5.41) is 21.3. The third kappa shape index (κ3) is 14.1. The van der Waals surface area contributed by atoms with Gasteiger partial charge in [0.25, 0.3) is 0 Å². The predicted molar refractivity (Wildman–Crippen MR) is 126 cm³/mol. The molecule has 0 heterocycles. The average molecular weight is 430 g/mol. The summed E-state index contributed by atoms with van der Waals surface area (Å²) in [5.41, 5.74) is 0.757. The summed E-state index contributed by atoms with van der Waals surface area (Å²) in [6, 6.07) is 5.40. The van der Waals surface area contributed by atoms with Crippen molar-refractivity contribution in [1.82, 2.24) is 5.32 Å². The Morgan fingerprint density at radius 2 is 1.52 bits per heavy atom. The number of hydrogen-bond donors (Lipinski definition) is 3. The van der Waals surface area contributed by atoms with Crippen LogP contribution >= 0.6 is 0 Å². The molecule has 31 heavy (non-hydrogen) atoms. The van der Waals surface area contributed by atoms with Crippen molar-refractivity contribution in [1.29, 1.82) is 0 Å². The lowest BCUT2D eigenvalue weighted by Gasteiger charge is -2.14. The lowest BCUT2D eigenvalue weighted by molar-refractivity contribution is -0.141. The quantitative estimate of drug-likeness (QED) is 0.212. The fourth-order valence-corrected chi connectivity index (χ4v) is 3.24. The molecular formula is C26H39NO4. The first-order valence-electron chi connectivity index (χ1n) is 11.6. The molecule has 1 amide bonds. The van der Waals surface area contributed by atoms with Gasteiger partial charge in [-0.2, -0.15) is 0 Å². The first-order valence-corrected chi connectivity index (χ1v) is 11.6. The SMILES string of the molecule is CCCC/C=C\C/C=C\CCCCCCCC(=O)N[C@@H](Cc1ccc(O)cc1)C(=O)O. The minimum Gasteiger partial charge on any atom is -0.508 e. The molecule has 1 aromatic carbocycles. The van der Waals surface area contributed by atoms with Crippen molar-refractivity contribution in [3.05, 3.63) is 54.1 Å². The van der Waals surface area contributed by atoms with Crippen LogP contribution in [0.5, 0.6) is 5.75 Å². The van der Waals surface area contributed by atoms with E-state index < -0.39 is 12.0 Å². The van der Waals surface area contributed by atoms with Crippen LogP contribution in [0, 0.1) is 0 Å². The molecule has 1 rings (SSSR count). The molecular weight excluding hydrogens is 390 g/mol. The van der Waals surface area contributed by atoms with Crippen LogP contribution in [0.3, 0.4) is 0 Å². The monoisotopic (exact) mass is 429 g/mol. The normalized spacial score (nSPS) is 12.4. The highest BCUT2D eigenvalue weighted by molar-refractivity contribution is 5.83. The molecule has 0 saturated heterocycles. The minimum atomic E-state index is -1.05. The van der Waals surface area contributed by atoms with Gasteiger partial charge in [0, 0.05) is 12.8 Å². The van der Waals surface area contributed by atoms with E-state index in [4.69, 9.17) is 0 Å². The molecule has 0 aliphatic heterocycles. The lowest BCUT2D eigenvalue weighted by Crippen LogP contribution is -2.42. The van der Waals surface area contributed by atoms with E-state index in [0.29, 0.717) is 6.42 Å². The van der Waals surface area contributed by atoms with Crippen molar-refractivity contribution in [3.8, 4) is 5.75 Å². The van der Waals surface area contributed by atoms with Crippen LogP contribution in [0.2, 0.25) is 0 Å². The van der Waals surface area contributed by atoms with Crippen molar-refractivity contribution in [2.24, 2.45) is 0 Å². The van der Waals surface area contributed by atoms with Gasteiger partial charge in [-0.3, -0.25) is 4.79 Å². The number of amides is 1. The van der Waals surface area contributed by atoms with E-state index in [1.54, 1.807) is 12.1 Å². The smallest absolute Gasteiger partial charge is 0.326 e. The van der Waals surface area contributed by atoms with Crippen molar-refractivity contribution >= 4 is 11.9 Å². The molecule has 0 spiro atoms. The van der Waals surface area contributed by atoms with Crippen molar-refractivity contribution in [3.63, 3.8) is 0 Å². The average Bonchev–Trinajstić information content (AvgIpc) is 2.75. The Hall–Kier alpha value is -2.56. The molecule has 0 unspecified atom stereocenters. The van der Waals surface area contributed by atoms with Gasteiger partial charge in [-0.15, -0.1) is 0 Å². The maximum atomic E-state index is 12.1. The number of aromatic hydroxyl groups is 1. The van der Waals surface area contributed by atoms with E-state index >= 15 is 0 Å². The highest BCUT2D eigenvalue weighted by atomic mass is 16.4. The largest absolute Gasteiger partial charge is 0.508 e. The van der Waals surface area contributed by atoms with Crippen LogP contribution in [-0.4, -0.2) is 28.1 Å². The lowest BCUT2D eigenvalue weighted by atomic mass is 10.0. The van der Waals surface area contributed by atoms with Crippen LogP contribution < -0.4 is 5.32 Å². The fourth-order valence-electron chi connectivity index (χ4n) is 3.24. The first-order chi connectivity index (χ1) is 15.0. The van der Waals surface area contributed by atoms with Gasteiger partial charge < -0.3 is 15.5 Å². The summed E-state index contributed by atoms with van der Waals surface area (Å²) in [6.45, 7) is 2.21. The molecule has 5 heteroatoms. The summed E-state index contributed by atoms with van der Waals surface area (Å²) in [6.07, 6.45) is 20.5. The topological polar surface area (TPSA) is 86.6 Å². The maximum absolute atomic E-state index is 12.1. The van der Waals surface area contributed by atoms with Crippen molar-refractivity contribution < 1.29 is 19.8 Å². The molecule has 0 saturated carbocycles. The van der Waals surface area contributed by atoms with Crippen LogP contribution in [0.15, 0.2) is 48.6 Å². The number of hydrogen-bond acceptors (Lipinski definition) is 3. The van der Waals surface area contributed by atoms with Gasteiger partial charge >= 0.3 is 5.97 Å². The van der Waals surface area contributed by atoms with Crippen LogP contribution in [0.1, 0.15) is 83.1 Å². The predicted octanol–water partition coefficient (Wildman–Crippen LogP) is 5.93. The summed E-state index contributed by atoms with van der Waals surface area (Å²) in [5.74, 6) is -1.14. The fraction of sp³-hybridized carbons (Fsp3) is 0.538. The number of allylic oxidation sites excluding steroid dienone is 4. The number of nitrogens with one attached hydrogen (secondary N) is 1. The number of phenols is 1. The summed E-state index contributed by atoms with van der Waals surface area (Å²) < 4.78 is 0. The van der Waals surface area contributed by atoms with Gasteiger partial charge in [-0.25, -0.2) is 4.79 Å². The molecule has 0 aromatic heterocycles. The Kier molecular flexibility index (Phi) is 14.7. The number of carbonyl (C=O) groups is 2. The van der Waals surface area contributed by atoms with Crippen molar-refractivity contribution in [2.45, 2.75) is 90.0 Å². The molecule has 0 fully saturated rings. The van der Waals surface area contributed by atoms with E-state index in [9.17, 15) is 19.8 Å². The number of unbranched alkanes of at least 4 members (excludes halogenated alkanes) is 7. The maximum Gasteiger partial charge on any atom is 0.326 e.